The van der Waals surface area contributed by atoms with Gasteiger partial charge in [0.15, 0.2) is 5.58 Å². The van der Waals surface area contributed by atoms with Crippen LogP contribution in [-0.2, 0) is 0 Å². The van der Waals surface area contributed by atoms with Crippen LogP contribution in [0.3, 0.4) is 0 Å². The van der Waals surface area contributed by atoms with Gasteiger partial charge in [0.25, 0.3) is 0 Å². The van der Waals surface area contributed by atoms with Crippen LogP contribution in [0.2, 0.25) is 0 Å². The maximum absolute atomic E-state index is 6.01. The summed E-state index contributed by atoms with van der Waals surface area (Å²) in [6.07, 6.45) is 5.33. The van der Waals surface area contributed by atoms with E-state index in [2.05, 4.69) is 16.0 Å². The Morgan fingerprint density at radius 1 is 0.826 bits per heavy atom. The van der Waals surface area contributed by atoms with Crippen LogP contribution < -0.4 is 0 Å². The number of hydrogen-bond acceptors (Lipinski definition) is 4. The number of rotatable bonds is 1. The lowest BCUT2D eigenvalue weighted by atomic mass is 10.1. The monoisotopic (exact) mass is 297 g/mol. The third-order valence-electron chi connectivity index (χ3n) is 4.03. The number of aromatic nitrogens is 3. The van der Waals surface area contributed by atoms with Gasteiger partial charge in [0.05, 0.1) is 11.2 Å². The van der Waals surface area contributed by atoms with Crippen molar-refractivity contribution in [1.29, 1.82) is 0 Å². The summed E-state index contributed by atoms with van der Waals surface area (Å²) in [5.74, 6) is 0. The van der Waals surface area contributed by atoms with Gasteiger partial charge in [0.2, 0.25) is 0 Å². The molecule has 0 spiro atoms. The highest BCUT2D eigenvalue weighted by atomic mass is 16.3. The molecule has 0 saturated heterocycles. The Morgan fingerprint density at radius 3 is 2.78 bits per heavy atom. The molecule has 5 aromatic rings. The smallest absolute Gasteiger partial charge is 0.163 e. The summed E-state index contributed by atoms with van der Waals surface area (Å²) in [6, 6.07) is 15.9. The first-order chi connectivity index (χ1) is 11.4. The minimum absolute atomic E-state index is 0.748. The molecule has 0 aliphatic rings. The van der Waals surface area contributed by atoms with Crippen LogP contribution in [0.5, 0.6) is 0 Å². The van der Waals surface area contributed by atoms with E-state index in [1.54, 1.807) is 12.4 Å². The van der Waals surface area contributed by atoms with Crippen molar-refractivity contribution in [3.8, 4) is 11.4 Å². The van der Waals surface area contributed by atoms with Crippen LogP contribution in [-0.4, -0.2) is 15.0 Å². The van der Waals surface area contributed by atoms with Gasteiger partial charge in [-0.3, -0.25) is 9.97 Å². The highest BCUT2D eigenvalue weighted by Crippen LogP contribution is 2.33. The van der Waals surface area contributed by atoms with Crippen molar-refractivity contribution in [3.63, 3.8) is 0 Å². The average molecular weight is 297 g/mol. The first-order valence-electron chi connectivity index (χ1n) is 7.37. The lowest BCUT2D eigenvalue weighted by molar-refractivity contribution is 0.667. The number of furan rings is 1. The van der Waals surface area contributed by atoms with E-state index in [9.17, 15) is 0 Å². The highest BCUT2D eigenvalue weighted by Gasteiger charge is 2.14. The Labute approximate surface area is 131 Å². The quantitative estimate of drug-likeness (QED) is 0.454. The van der Waals surface area contributed by atoms with Crippen molar-refractivity contribution in [1.82, 2.24) is 15.0 Å². The zero-order valence-corrected chi connectivity index (χ0v) is 12.1. The molecule has 5 rings (SSSR count). The molecular formula is C19H11N3O. The van der Waals surface area contributed by atoms with Crippen molar-refractivity contribution in [2.45, 2.75) is 0 Å². The predicted octanol–water partition coefficient (Wildman–Crippen LogP) is 4.59. The second kappa shape index (κ2) is 4.61. The second-order valence-electron chi connectivity index (χ2n) is 5.40. The van der Waals surface area contributed by atoms with Crippen molar-refractivity contribution in [2.75, 3.05) is 0 Å². The summed E-state index contributed by atoms with van der Waals surface area (Å²) in [7, 11) is 0. The molecule has 0 atom stereocenters. The zero-order valence-electron chi connectivity index (χ0n) is 12.1. The summed E-state index contributed by atoms with van der Waals surface area (Å²) in [5, 5.41) is 3.11. The minimum atomic E-state index is 0.748. The summed E-state index contributed by atoms with van der Waals surface area (Å²) >= 11 is 0. The van der Waals surface area contributed by atoms with Gasteiger partial charge < -0.3 is 4.42 Å². The molecule has 4 heteroatoms. The van der Waals surface area contributed by atoms with E-state index in [1.165, 1.54) is 0 Å². The Bertz CT molecular complexity index is 1180. The molecule has 0 aliphatic carbocycles. The van der Waals surface area contributed by atoms with Gasteiger partial charge in [-0.15, -0.1) is 0 Å². The molecule has 0 aliphatic heterocycles. The largest absolute Gasteiger partial charge is 0.454 e. The summed E-state index contributed by atoms with van der Waals surface area (Å²) in [5.41, 5.74) is 4.07. The molecule has 108 valence electrons. The van der Waals surface area contributed by atoms with Gasteiger partial charge in [0, 0.05) is 34.7 Å². The molecule has 0 fully saturated rings. The van der Waals surface area contributed by atoms with Crippen LogP contribution >= 0.6 is 0 Å². The van der Waals surface area contributed by atoms with Gasteiger partial charge in [-0.2, -0.15) is 0 Å². The van der Waals surface area contributed by atoms with Crippen LogP contribution in [0, 0.1) is 0 Å². The Kier molecular flexibility index (Phi) is 2.46. The number of para-hydroxylation sites is 1. The molecule has 0 unspecified atom stereocenters. The van der Waals surface area contributed by atoms with Crippen molar-refractivity contribution in [3.05, 3.63) is 67.1 Å². The van der Waals surface area contributed by atoms with E-state index in [0.717, 1.165) is 44.2 Å². The normalized spacial score (nSPS) is 11.5. The Balaban J connectivity index is 1.84. The van der Waals surface area contributed by atoms with E-state index in [1.807, 2.05) is 48.7 Å². The number of benzene rings is 1. The van der Waals surface area contributed by atoms with Crippen LogP contribution in [0.15, 0.2) is 71.5 Å². The van der Waals surface area contributed by atoms with E-state index in [0.29, 0.717) is 0 Å². The van der Waals surface area contributed by atoms with Crippen LogP contribution in [0.1, 0.15) is 0 Å². The second-order valence-corrected chi connectivity index (χ2v) is 5.40. The molecule has 23 heavy (non-hydrogen) atoms. The molecule has 4 heterocycles. The van der Waals surface area contributed by atoms with E-state index in [-0.39, 0.29) is 0 Å². The Morgan fingerprint density at radius 2 is 1.78 bits per heavy atom. The lowest BCUT2D eigenvalue weighted by Crippen LogP contribution is -1.88. The van der Waals surface area contributed by atoms with Gasteiger partial charge in [-0.1, -0.05) is 24.3 Å². The molecular weight excluding hydrogens is 286 g/mol. The summed E-state index contributed by atoms with van der Waals surface area (Å²) in [4.78, 5) is 13.4. The van der Waals surface area contributed by atoms with Crippen LogP contribution in [0.25, 0.3) is 44.2 Å². The number of hydrogen-bond donors (Lipinski definition) is 0. The summed E-state index contributed by atoms with van der Waals surface area (Å²) < 4.78 is 6.01. The fourth-order valence-corrected chi connectivity index (χ4v) is 2.93. The molecule has 4 nitrogen and oxygen atoms in total. The molecule has 0 radical (unpaired) electrons. The SMILES string of the molecule is c1ccc2nc(-c3nccc4c3oc3ccncc34)ccc2c1. The number of fused-ring (bicyclic) bond motifs is 4. The lowest BCUT2D eigenvalue weighted by Gasteiger charge is -2.03. The average Bonchev–Trinajstić information content (AvgIpc) is 3.00. The minimum Gasteiger partial charge on any atom is -0.454 e. The third kappa shape index (κ3) is 1.82. The number of pyridine rings is 3. The van der Waals surface area contributed by atoms with Crippen molar-refractivity contribution < 1.29 is 4.42 Å². The standard InChI is InChI=1S/C19H11N3O/c1-2-4-15-12(3-1)5-6-16(22-15)18-19-13(7-10-21-18)14-11-20-9-8-17(14)23-19/h1-11H. The van der Waals surface area contributed by atoms with Gasteiger partial charge in [-0.25, -0.2) is 4.98 Å². The summed E-state index contributed by atoms with van der Waals surface area (Å²) in [6.45, 7) is 0. The first-order valence-corrected chi connectivity index (χ1v) is 7.37. The topological polar surface area (TPSA) is 51.8 Å². The fourth-order valence-electron chi connectivity index (χ4n) is 2.93. The first kappa shape index (κ1) is 12.3. The van der Waals surface area contributed by atoms with Crippen molar-refractivity contribution >= 4 is 32.8 Å². The van der Waals surface area contributed by atoms with Gasteiger partial charge in [-0.05, 0) is 24.3 Å². The Hall–Kier alpha value is -3.27. The van der Waals surface area contributed by atoms with Crippen molar-refractivity contribution in [2.24, 2.45) is 0 Å². The number of nitrogens with zero attached hydrogens (tertiary/aromatic N) is 3. The molecule has 0 saturated carbocycles. The van der Waals surface area contributed by atoms with Gasteiger partial charge in [0.1, 0.15) is 11.3 Å². The zero-order chi connectivity index (χ0) is 15.2. The van der Waals surface area contributed by atoms with E-state index in [4.69, 9.17) is 9.40 Å². The van der Waals surface area contributed by atoms with Gasteiger partial charge >= 0.3 is 0 Å². The molecule has 4 aromatic heterocycles. The molecule has 0 amide bonds. The maximum atomic E-state index is 6.01. The highest BCUT2D eigenvalue weighted by molar-refractivity contribution is 6.08. The predicted molar refractivity (Wildman–Crippen MR) is 90.0 cm³/mol. The molecule has 1 aromatic carbocycles. The van der Waals surface area contributed by atoms with E-state index >= 15 is 0 Å². The molecule has 0 N–H and O–H groups in total. The maximum Gasteiger partial charge on any atom is 0.163 e. The molecule has 0 bridgehead atoms. The fraction of sp³-hybridized carbons (Fsp3) is 0. The van der Waals surface area contributed by atoms with Crippen LogP contribution in [0.4, 0.5) is 0 Å². The van der Waals surface area contributed by atoms with E-state index < -0.39 is 0 Å². The third-order valence-corrected chi connectivity index (χ3v) is 4.03.